The minimum absolute atomic E-state index is 0. The number of benzene rings is 1. The van der Waals surface area contributed by atoms with Crippen LogP contribution in [0.25, 0.3) is 0 Å². The fourth-order valence-electron chi connectivity index (χ4n) is 2.96. The number of nitrogens with zero attached hydrogens (tertiary/aromatic N) is 1. The molecule has 1 aromatic rings. The van der Waals surface area contributed by atoms with Crippen LogP contribution in [0.3, 0.4) is 0 Å². The van der Waals surface area contributed by atoms with Crippen LogP contribution >= 0.6 is 24.2 Å². The summed E-state index contributed by atoms with van der Waals surface area (Å²) in [6.07, 6.45) is 1.23. The molecule has 0 unspecified atom stereocenters. The topological polar surface area (TPSA) is 102 Å². The second kappa shape index (κ2) is 8.85. The molecule has 3 amide bonds. The van der Waals surface area contributed by atoms with Crippen LogP contribution in [0.4, 0.5) is 10.5 Å². The van der Waals surface area contributed by atoms with Gasteiger partial charge < -0.3 is 15.8 Å². The molecule has 0 aliphatic carbocycles. The Hall–Kier alpha value is -1.61. The number of ether oxygens (including phenoxy) is 1. The number of imide groups is 1. The van der Waals surface area contributed by atoms with Crippen molar-refractivity contribution in [2.45, 2.75) is 19.4 Å². The standard InChI is InChI=1S/C17H21N3O4S.ClH/c18-11-17(5-7-24-8-6-17)15(22)19-13-3-1-12(2-4-13)9-20-14(21)10-25-16(20)23;/h1-4H,5-11,18H2,(H,19,22);1H. The number of amides is 3. The van der Waals surface area contributed by atoms with Crippen molar-refractivity contribution < 1.29 is 19.1 Å². The first-order chi connectivity index (χ1) is 12.0. The Bertz CT molecular complexity index is 661. The summed E-state index contributed by atoms with van der Waals surface area (Å²) in [7, 11) is 0. The maximum Gasteiger partial charge on any atom is 0.289 e. The number of halogens is 1. The number of hydrogen-bond donors (Lipinski definition) is 2. The number of nitrogens with one attached hydrogen (secondary N) is 1. The molecular weight excluding hydrogens is 378 g/mol. The van der Waals surface area contributed by atoms with Crippen molar-refractivity contribution >= 4 is 46.9 Å². The van der Waals surface area contributed by atoms with Gasteiger partial charge in [0.1, 0.15) is 0 Å². The zero-order chi connectivity index (χ0) is 17.9. The Morgan fingerprint density at radius 3 is 2.42 bits per heavy atom. The van der Waals surface area contributed by atoms with Gasteiger partial charge in [-0.3, -0.25) is 19.3 Å². The van der Waals surface area contributed by atoms with Crippen molar-refractivity contribution in [2.75, 3.05) is 30.8 Å². The normalized spacial score (nSPS) is 19.2. The van der Waals surface area contributed by atoms with E-state index in [-0.39, 0.29) is 48.3 Å². The Kier molecular flexibility index (Phi) is 7.05. The third-order valence-electron chi connectivity index (χ3n) is 4.72. The van der Waals surface area contributed by atoms with Crippen LogP contribution < -0.4 is 11.1 Å². The zero-order valence-electron chi connectivity index (χ0n) is 14.2. The summed E-state index contributed by atoms with van der Waals surface area (Å²) in [4.78, 5) is 37.1. The number of rotatable bonds is 5. The lowest BCUT2D eigenvalue weighted by Crippen LogP contribution is -2.46. The summed E-state index contributed by atoms with van der Waals surface area (Å²) in [5.41, 5.74) is 6.77. The smallest absolute Gasteiger partial charge is 0.289 e. The Labute approximate surface area is 162 Å². The van der Waals surface area contributed by atoms with Gasteiger partial charge in [0.15, 0.2) is 0 Å². The summed E-state index contributed by atoms with van der Waals surface area (Å²) in [5.74, 6) is -0.0539. The molecule has 0 radical (unpaired) electrons. The maximum absolute atomic E-state index is 12.6. The number of hydrogen-bond acceptors (Lipinski definition) is 6. The summed E-state index contributed by atoms with van der Waals surface area (Å²) < 4.78 is 5.33. The average Bonchev–Trinajstić information content (AvgIpc) is 2.95. The van der Waals surface area contributed by atoms with E-state index in [1.807, 2.05) is 0 Å². The molecule has 0 aromatic heterocycles. The van der Waals surface area contributed by atoms with E-state index in [0.717, 1.165) is 17.3 Å². The van der Waals surface area contributed by atoms with Gasteiger partial charge in [0.2, 0.25) is 11.8 Å². The van der Waals surface area contributed by atoms with Gasteiger partial charge in [-0.2, -0.15) is 0 Å². The van der Waals surface area contributed by atoms with Crippen LogP contribution in [-0.2, 0) is 20.9 Å². The van der Waals surface area contributed by atoms with Gasteiger partial charge in [0, 0.05) is 25.4 Å². The minimum atomic E-state index is -0.581. The molecule has 2 aliphatic rings. The zero-order valence-corrected chi connectivity index (χ0v) is 15.9. The van der Waals surface area contributed by atoms with Crippen molar-refractivity contribution in [1.82, 2.24) is 4.90 Å². The van der Waals surface area contributed by atoms with E-state index < -0.39 is 5.41 Å². The molecule has 3 N–H and O–H groups in total. The number of carbonyl (C=O) groups excluding carboxylic acids is 3. The molecule has 0 atom stereocenters. The Balaban J connectivity index is 0.00000243. The average molecular weight is 400 g/mol. The molecule has 26 heavy (non-hydrogen) atoms. The molecule has 142 valence electrons. The minimum Gasteiger partial charge on any atom is -0.381 e. The third-order valence-corrected chi connectivity index (χ3v) is 5.57. The predicted octanol–water partition coefficient (Wildman–Crippen LogP) is 2.00. The Morgan fingerprint density at radius 2 is 1.88 bits per heavy atom. The summed E-state index contributed by atoms with van der Waals surface area (Å²) >= 11 is 1.02. The Morgan fingerprint density at radius 1 is 1.23 bits per heavy atom. The van der Waals surface area contributed by atoms with Gasteiger partial charge in [0.25, 0.3) is 5.24 Å². The van der Waals surface area contributed by atoms with E-state index in [1.165, 1.54) is 4.90 Å². The van der Waals surface area contributed by atoms with Gasteiger partial charge in [-0.1, -0.05) is 23.9 Å². The number of thioether (sulfide) groups is 1. The molecular formula is C17H22ClN3O4S. The van der Waals surface area contributed by atoms with Crippen LogP contribution in [0.5, 0.6) is 0 Å². The van der Waals surface area contributed by atoms with E-state index in [1.54, 1.807) is 24.3 Å². The van der Waals surface area contributed by atoms with Crippen LogP contribution in [0.15, 0.2) is 24.3 Å². The van der Waals surface area contributed by atoms with E-state index in [9.17, 15) is 14.4 Å². The predicted molar refractivity (Wildman–Crippen MR) is 102 cm³/mol. The third kappa shape index (κ3) is 4.37. The van der Waals surface area contributed by atoms with Crippen LogP contribution in [0, 0.1) is 5.41 Å². The fraction of sp³-hybridized carbons (Fsp3) is 0.471. The van der Waals surface area contributed by atoms with Crippen molar-refractivity contribution in [1.29, 1.82) is 0 Å². The van der Waals surface area contributed by atoms with Crippen molar-refractivity contribution in [2.24, 2.45) is 11.1 Å². The molecule has 0 bridgehead atoms. The number of carbonyl (C=O) groups is 3. The molecule has 2 heterocycles. The van der Waals surface area contributed by atoms with Crippen molar-refractivity contribution in [3.8, 4) is 0 Å². The fourth-order valence-corrected chi connectivity index (χ4v) is 3.68. The first-order valence-corrected chi connectivity index (χ1v) is 9.18. The molecule has 1 aromatic carbocycles. The van der Waals surface area contributed by atoms with Crippen LogP contribution in [0.2, 0.25) is 0 Å². The highest BCUT2D eigenvalue weighted by Gasteiger charge is 2.38. The number of nitrogens with two attached hydrogens (primary N) is 1. The lowest BCUT2D eigenvalue weighted by molar-refractivity contribution is -0.130. The summed E-state index contributed by atoms with van der Waals surface area (Å²) in [6.45, 7) is 1.62. The molecule has 7 nitrogen and oxygen atoms in total. The van der Waals surface area contributed by atoms with Crippen LogP contribution in [-0.4, -0.2) is 47.5 Å². The second-order valence-electron chi connectivity index (χ2n) is 6.28. The highest BCUT2D eigenvalue weighted by molar-refractivity contribution is 8.14. The van der Waals surface area contributed by atoms with Gasteiger partial charge in [-0.15, -0.1) is 12.4 Å². The summed E-state index contributed by atoms with van der Waals surface area (Å²) in [5, 5.41) is 2.70. The number of anilines is 1. The van der Waals surface area contributed by atoms with E-state index in [4.69, 9.17) is 10.5 Å². The molecule has 9 heteroatoms. The highest BCUT2D eigenvalue weighted by atomic mass is 35.5. The summed E-state index contributed by atoms with van der Waals surface area (Å²) in [6, 6.07) is 7.15. The maximum atomic E-state index is 12.6. The highest BCUT2D eigenvalue weighted by Crippen LogP contribution is 2.31. The second-order valence-corrected chi connectivity index (χ2v) is 7.21. The molecule has 2 fully saturated rings. The first-order valence-electron chi connectivity index (χ1n) is 8.19. The molecule has 0 spiro atoms. The van der Waals surface area contributed by atoms with E-state index in [2.05, 4.69) is 5.32 Å². The largest absolute Gasteiger partial charge is 0.381 e. The van der Waals surface area contributed by atoms with Gasteiger partial charge in [-0.25, -0.2) is 0 Å². The lowest BCUT2D eigenvalue weighted by atomic mass is 9.79. The molecule has 2 aliphatic heterocycles. The van der Waals surface area contributed by atoms with Gasteiger partial charge in [-0.05, 0) is 30.5 Å². The van der Waals surface area contributed by atoms with E-state index >= 15 is 0 Å². The van der Waals surface area contributed by atoms with Gasteiger partial charge in [0.05, 0.1) is 17.7 Å². The van der Waals surface area contributed by atoms with E-state index in [0.29, 0.717) is 31.7 Å². The van der Waals surface area contributed by atoms with Crippen LogP contribution in [0.1, 0.15) is 18.4 Å². The molecule has 2 saturated heterocycles. The quantitative estimate of drug-likeness (QED) is 0.785. The molecule has 3 rings (SSSR count). The van der Waals surface area contributed by atoms with Gasteiger partial charge >= 0.3 is 0 Å². The molecule has 0 saturated carbocycles. The lowest BCUT2D eigenvalue weighted by Gasteiger charge is -2.34. The van der Waals surface area contributed by atoms with Crippen molar-refractivity contribution in [3.63, 3.8) is 0 Å². The monoisotopic (exact) mass is 399 g/mol. The van der Waals surface area contributed by atoms with Crippen molar-refractivity contribution in [3.05, 3.63) is 29.8 Å². The first kappa shape index (κ1) is 20.7. The SMILES string of the molecule is Cl.NCC1(C(=O)Nc2ccc(CN3C(=O)CSC3=O)cc2)CCOCC1.